The van der Waals surface area contributed by atoms with Gasteiger partial charge in [0.1, 0.15) is 0 Å². The highest BCUT2D eigenvalue weighted by molar-refractivity contribution is 5.95. The number of carbonyl (C=O) groups is 1. The third-order valence-corrected chi connectivity index (χ3v) is 4.96. The summed E-state index contributed by atoms with van der Waals surface area (Å²) in [5.74, 6) is 1.17. The lowest BCUT2D eigenvalue weighted by Gasteiger charge is -2.34. The van der Waals surface area contributed by atoms with Crippen LogP contribution in [0.3, 0.4) is 0 Å². The van der Waals surface area contributed by atoms with Gasteiger partial charge in [0, 0.05) is 19.1 Å². The van der Waals surface area contributed by atoms with Crippen LogP contribution >= 0.6 is 12.4 Å². The highest BCUT2D eigenvalue weighted by atomic mass is 35.5. The van der Waals surface area contributed by atoms with E-state index in [9.17, 15) is 4.79 Å². The average Bonchev–Trinajstić information content (AvgIpc) is 3.11. The minimum absolute atomic E-state index is 0. The molecular weight excluding hydrogens is 376 g/mol. The predicted octanol–water partition coefficient (Wildman–Crippen LogP) is 3.53. The van der Waals surface area contributed by atoms with Gasteiger partial charge in [-0.15, -0.1) is 12.4 Å². The number of halogens is 1. The molecule has 2 heterocycles. The Hall–Kier alpha value is -2.05. The first-order valence-electron chi connectivity index (χ1n) is 9.78. The van der Waals surface area contributed by atoms with E-state index in [1.54, 1.807) is 10.9 Å². The molecule has 2 unspecified atom stereocenters. The summed E-state index contributed by atoms with van der Waals surface area (Å²) in [6, 6.07) is 9.85. The average molecular weight is 407 g/mol. The van der Waals surface area contributed by atoms with Crippen molar-refractivity contribution in [3.63, 3.8) is 0 Å². The van der Waals surface area contributed by atoms with Crippen molar-refractivity contribution >= 4 is 18.3 Å². The third-order valence-electron chi connectivity index (χ3n) is 4.96. The summed E-state index contributed by atoms with van der Waals surface area (Å²) in [7, 11) is 0. The minimum atomic E-state index is -0.0752. The van der Waals surface area contributed by atoms with Gasteiger partial charge in [0.05, 0.1) is 18.5 Å². The Balaban J connectivity index is 0.00000280. The number of rotatable bonds is 6. The zero-order valence-corrected chi connectivity index (χ0v) is 17.7. The van der Waals surface area contributed by atoms with Crippen molar-refractivity contribution in [3.8, 4) is 11.4 Å². The predicted molar refractivity (Wildman–Crippen MR) is 113 cm³/mol. The fourth-order valence-corrected chi connectivity index (χ4v) is 3.35. The molecule has 1 aliphatic rings. The van der Waals surface area contributed by atoms with Crippen molar-refractivity contribution in [2.45, 2.75) is 39.7 Å². The number of nitrogens with two attached hydrogens (primary N) is 1. The van der Waals surface area contributed by atoms with Crippen LogP contribution in [0.25, 0.3) is 5.69 Å². The highest BCUT2D eigenvalue weighted by Gasteiger charge is 2.30. The number of amides is 1. The van der Waals surface area contributed by atoms with Crippen LogP contribution in [0.4, 0.5) is 0 Å². The van der Waals surface area contributed by atoms with Crippen molar-refractivity contribution in [2.24, 2.45) is 17.6 Å². The number of aromatic nitrogens is 2. The summed E-state index contributed by atoms with van der Waals surface area (Å²) in [4.78, 5) is 15.1. The van der Waals surface area contributed by atoms with Gasteiger partial charge in [-0.3, -0.25) is 4.79 Å². The Morgan fingerprint density at radius 2 is 2.00 bits per heavy atom. The highest BCUT2D eigenvalue weighted by Crippen LogP contribution is 2.25. The number of para-hydroxylation sites is 1. The molecule has 1 aliphatic heterocycles. The molecule has 1 saturated heterocycles. The van der Waals surface area contributed by atoms with Crippen LogP contribution in [0.5, 0.6) is 5.75 Å². The van der Waals surface area contributed by atoms with Gasteiger partial charge < -0.3 is 15.4 Å². The van der Waals surface area contributed by atoms with E-state index in [1.807, 2.05) is 42.2 Å². The van der Waals surface area contributed by atoms with Gasteiger partial charge in [0.15, 0.2) is 11.4 Å². The molecule has 1 amide bonds. The van der Waals surface area contributed by atoms with E-state index < -0.39 is 0 Å². The quantitative estimate of drug-likeness (QED) is 0.796. The van der Waals surface area contributed by atoms with E-state index in [0.717, 1.165) is 25.1 Å². The van der Waals surface area contributed by atoms with Gasteiger partial charge in [-0.25, -0.2) is 4.68 Å². The molecule has 28 heavy (non-hydrogen) atoms. The molecule has 0 bridgehead atoms. The van der Waals surface area contributed by atoms with E-state index in [-0.39, 0.29) is 24.4 Å². The maximum atomic E-state index is 13.2. The van der Waals surface area contributed by atoms with Crippen molar-refractivity contribution in [1.82, 2.24) is 14.7 Å². The molecular formula is C21H31ClN4O2. The molecule has 0 radical (unpaired) electrons. The number of nitrogens with zero attached hydrogens (tertiary/aromatic N) is 3. The molecule has 2 aromatic rings. The summed E-state index contributed by atoms with van der Waals surface area (Å²) in [6.45, 7) is 8.15. The van der Waals surface area contributed by atoms with E-state index in [1.165, 1.54) is 0 Å². The van der Waals surface area contributed by atoms with Crippen LogP contribution in [-0.2, 0) is 0 Å². The fraction of sp³-hybridized carbons (Fsp3) is 0.524. The number of carbonyl (C=O) groups excluding carboxylic acids is 1. The van der Waals surface area contributed by atoms with Crippen LogP contribution in [0.15, 0.2) is 36.5 Å². The molecule has 0 spiro atoms. The summed E-state index contributed by atoms with van der Waals surface area (Å²) in [5, 5.41) is 4.57. The number of hydrogen-bond donors (Lipinski definition) is 1. The molecule has 1 fully saturated rings. The minimum Gasteiger partial charge on any atom is -0.489 e. The first-order valence-corrected chi connectivity index (χ1v) is 9.78. The smallest absolute Gasteiger partial charge is 0.278 e. The molecule has 6 nitrogen and oxygen atoms in total. The number of ether oxygens (including phenoxy) is 1. The molecule has 1 aromatic carbocycles. The second-order valence-corrected chi connectivity index (χ2v) is 7.84. The zero-order chi connectivity index (χ0) is 19.4. The van der Waals surface area contributed by atoms with E-state index in [2.05, 4.69) is 18.9 Å². The largest absolute Gasteiger partial charge is 0.489 e. The first-order chi connectivity index (χ1) is 13.0. The van der Waals surface area contributed by atoms with Gasteiger partial charge in [-0.2, -0.15) is 5.10 Å². The Bertz CT molecular complexity index is 761. The lowest BCUT2D eigenvalue weighted by Crippen LogP contribution is -2.45. The summed E-state index contributed by atoms with van der Waals surface area (Å²) >= 11 is 0. The van der Waals surface area contributed by atoms with Crippen molar-refractivity contribution < 1.29 is 9.53 Å². The van der Waals surface area contributed by atoms with Crippen molar-refractivity contribution in [1.29, 1.82) is 0 Å². The van der Waals surface area contributed by atoms with Crippen molar-refractivity contribution in [3.05, 3.63) is 42.2 Å². The maximum absolute atomic E-state index is 13.2. The standard InChI is InChI=1S/C21H30N4O2.ClH/c1-15(2)14-27-19-13-25(18-9-5-4-6-10-18)23-20(19)21(26)24-11-7-8-17(12-24)16(3)22;/h4-6,9-10,13,15-17H,7-8,11-12,14,22H2,1-3H3;1H. The fourth-order valence-electron chi connectivity index (χ4n) is 3.35. The molecule has 1 aromatic heterocycles. The number of hydrogen-bond acceptors (Lipinski definition) is 4. The second-order valence-electron chi connectivity index (χ2n) is 7.84. The summed E-state index contributed by atoms with van der Waals surface area (Å²) < 4.78 is 7.65. The molecule has 7 heteroatoms. The monoisotopic (exact) mass is 406 g/mol. The number of benzene rings is 1. The van der Waals surface area contributed by atoms with Gasteiger partial charge >= 0.3 is 0 Å². The molecule has 2 atom stereocenters. The summed E-state index contributed by atoms with van der Waals surface area (Å²) in [5.41, 5.74) is 7.36. The number of piperidine rings is 1. The van der Waals surface area contributed by atoms with E-state index in [0.29, 0.717) is 36.4 Å². The Labute approximate surface area is 173 Å². The molecule has 3 rings (SSSR count). The maximum Gasteiger partial charge on any atom is 0.278 e. The second kappa shape index (κ2) is 9.94. The molecule has 0 aliphatic carbocycles. The zero-order valence-electron chi connectivity index (χ0n) is 16.9. The Morgan fingerprint density at radius 1 is 1.29 bits per heavy atom. The Morgan fingerprint density at radius 3 is 2.64 bits per heavy atom. The first kappa shape index (κ1) is 22.2. The third kappa shape index (κ3) is 5.26. The van der Waals surface area contributed by atoms with Crippen LogP contribution in [-0.4, -0.2) is 46.3 Å². The molecule has 154 valence electrons. The topological polar surface area (TPSA) is 73.4 Å². The molecule has 0 saturated carbocycles. The van der Waals surface area contributed by atoms with Gasteiger partial charge in [-0.05, 0) is 43.7 Å². The van der Waals surface area contributed by atoms with Gasteiger partial charge in [0.25, 0.3) is 5.91 Å². The van der Waals surface area contributed by atoms with Crippen LogP contribution < -0.4 is 10.5 Å². The normalized spacial score (nSPS) is 17.9. The van der Waals surface area contributed by atoms with E-state index in [4.69, 9.17) is 10.5 Å². The van der Waals surface area contributed by atoms with Gasteiger partial charge in [0.2, 0.25) is 0 Å². The lowest BCUT2D eigenvalue weighted by atomic mass is 9.92. The van der Waals surface area contributed by atoms with Crippen LogP contribution in [0, 0.1) is 11.8 Å². The van der Waals surface area contributed by atoms with Crippen LogP contribution in [0.1, 0.15) is 44.1 Å². The van der Waals surface area contributed by atoms with E-state index >= 15 is 0 Å². The summed E-state index contributed by atoms with van der Waals surface area (Å²) in [6.07, 6.45) is 3.84. The Kier molecular flexibility index (Phi) is 7.89. The number of likely N-dealkylation sites (tertiary alicyclic amines) is 1. The molecule has 2 N–H and O–H groups in total. The lowest BCUT2D eigenvalue weighted by molar-refractivity contribution is 0.0649. The SMILES string of the molecule is CC(C)COc1cn(-c2ccccc2)nc1C(=O)N1CCCC(C(C)N)C1.Cl. The van der Waals surface area contributed by atoms with Gasteiger partial charge in [-0.1, -0.05) is 32.0 Å². The van der Waals surface area contributed by atoms with Crippen molar-refractivity contribution in [2.75, 3.05) is 19.7 Å². The van der Waals surface area contributed by atoms with Crippen LogP contribution in [0.2, 0.25) is 0 Å².